The maximum Gasteiger partial charge on any atom is 0.132 e. The van der Waals surface area contributed by atoms with Crippen molar-refractivity contribution in [2.45, 2.75) is 19.4 Å². The van der Waals surface area contributed by atoms with Crippen LogP contribution in [0.25, 0.3) is 0 Å². The molecule has 94 valence electrons. The lowest BCUT2D eigenvalue weighted by Gasteiger charge is -2.15. The van der Waals surface area contributed by atoms with Gasteiger partial charge in [0.05, 0.1) is 0 Å². The van der Waals surface area contributed by atoms with Crippen LogP contribution in [0.2, 0.25) is 0 Å². The molecule has 18 heavy (non-hydrogen) atoms. The fourth-order valence-electron chi connectivity index (χ4n) is 1.76. The highest BCUT2D eigenvalue weighted by Crippen LogP contribution is 2.30. The number of benzene rings is 2. The summed E-state index contributed by atoms with van der Waals surface area (Å²) in [5, 5.41) is 0. The van der Waals surface area contributed by atoms with E-state index in [0.29, 0.717) is 0 Å². The minimum atomic E-state index is 0.00773. The van der Waals surface area contributed by atoms with Crippen LogP contribution in [0.1, 0.15) is 24.9 Å². The Bertz CT molecular complexity index is 527. The van der Waals surface area contributed by atoms with Gasteiger partial charge in [0.2, 0.25) is 0 Å². The highest BCUT2D eigenvalue weighted by Gasteiger charge is 2.10. The first-order chi connectivity index (χ1) is 8.70. The second kappa shape index (κ2) is 6.03. The molecule has 2 N–H and O–H groups in total. The van der Waals surface area contributed by atoms with Gasteiger partial charge in [0, 0.05) is 16.1 Å². The van der Waals surface area contributed by atoms with Crippen molar-refractivity contribution in [3.63, 3.8) is 0 Å². The smallest absolute Gasteiger partial charge is 0.132 e. The SMILES string of the molecule is CCC(N)c1ccccc1Oc1cccc(Br)c1. The minimum Gasteiger partial charge on any atom is -0.457 e. The first kappa shape index (κ1) is 13.1. The van der Waals surface area contributed by atoms with Crippen LogP contribution < -0.4 is 10.5 Å². The lowest BCUT2D eigenvalue weighted by atomic mass is 10.0. The number of halogens is 1. The maximum absolute atomic E-state index is 6.09. The normalized spacial score (nSPS) is 12.2. The van der Waals surface area contributed by atoms with E-state index in [0.717, 1.165) is 28.0 Å². The fourth-order valence-corrected chi connectivity index (χ4v) is 2.14. The quantitative estimate of drug-likeness (QED) is 0.892. The summed E-state index contributed by atoms with van der Waals surface area (Å²) in [5.74, 6) is 1.63. The van der Waals surface area contributed by atoms with Crippen LogP contribution in [-0.4, -0.2) is 0 Å². The molecule has 0 aromatic heterocycles. The summed E-state index contributed by atoms with van der Waals surface area (Å²) in [5.41, 5.74) is 7.13. The molecule has 3 heteroatoms. The molecule has 0 radical (unpaired) electrons. The zero-order valence-electron chi connectivity index (χ0n) is 10.3. The van der Waals surface area contributed by atoms with E-state index >= 15 is 0 Å². The number of ether oxygens (including phenoxy) is 1. The van der Waals surface area contributed by atoms with Crippen molar-refractivity contribution in [2.75, 3.05) is 0 Å². The van der Waals surface area contributed by atoms with E-state index in [4.69, 9.17) is 10.5 Å². The van der Waals surface area contributed by atoms with E-state index in [1.165, 1.54) is 0 Å². The van der Waals surface area contributed by atoms with E-state index < -0.39 is 0 Å². The molecule has 2 aromatic rings. The molecular formula is C15H16BrNO. The Hall–Kier alpha value is -1.32. The molecule has 0 aliphatic rings. The largest absolute Gasteiger partial charge is 0.457 e. The van der Waals surface area contributed by atoms with E-state index in [2.05, 4.69) is 22.9 Å². The third kappa shape index (κ3) is 3.12. The van der Waals surface area contributed by atoms with Gasteiger partial charge in [0.25, 0.3) is 0 Å². The summed E-state index contributed by atoms with van der Waals surface area (Å²) in [6.07, 6.45) is 0.888. The molecule has 2 aromatic carbocycles. The second-order valence-corrected chi connectivity index (χ2v) is 5.03. The van der Waals surface area contributed by atoms with Gasteiger partial charge in [-0.15, -0.1) is 0 Å². The fraction of sp³-hybridized carbons (Fsp3) is 0.200. The number of rotatable bonds is 4. The second-order valence-electron chi connectivity index (χ2n) is 4.11. The number of nitrogens with two attached hydrogens (primary N) is 1. The molecule has 1 unspecified atom stereocenters. The highest BCUT2D eigenvalue weighted by atomic mass is 79.9. The molecule has 0 aliphatic carbocycles. The standard InChI is InChI=1S/C15H16BrNO/c1-2-14(17)13-8-3-4-9-15(13)18-12-7-5-6-11(16)10-12/h3-10,14H,2,17H2,1H3. The van der Waals surface area contributed by atoms with E-state index in [1.807, 2.05) is 48.5 Å². The molecule has 0 heterocycles. The van der Waals surface area contributed by atoms with Crippen LogP contribution in [0.4, 0.5) is 0 Å². The average molecular weight is 306 g/mol. The third-order valence-corrected chi connectivity index (χ3v) is 3.28. The molecule has 0 amide bonds. The molecule has 0 saturated carbocycles. The van der Waals surface area contributed by atoms with Crippen molar-refractivity contribution in [1.82, 2.24) is 0 Å². The summed E-state index contributed by atoms with van der Waals surface area (Å²) < 4.78 is 6.90. The van der Waals surface area contributed by atoms with Gasteiger partial charge in [-0.1, -0.05) is 47.1 Å². The number of para-hydroxylation sites is 1. The number of hydrogen-bond acceptors (Lipinski definition) is 2. The molecule has 0 aliphatic heterocycles. The van der Waals surface area contributed by atoms with E-state index in [-0.39, 0.29) is 6.04 Å². The molecule has 1 atom stereocenters. The van der Waals surface area contributed by atoms with E-state index in [1.54, 1.807) is 0 Å². The van der Waals surface area contributed by atoms with Crippen molar-refractivity contribution in [2.24, 2.45) is 5.73 Å². The Morgan fingerprint density at radius 1 is 1.17 bits per heavy atom. The van der Waals surface area contributed by atoms with Crippen LogP contribution in [0, 0.1) is 0 Å². The molecule has 2 rings (SSSR count). The Balaban J connectivity index is 2.29. The van der Waals surface area contributed by atoms with Crippen molar-refractivity contribution >= 4 is 15.9 Å². The summed E-state index contributed by atoms with van der Waals surface area (Å²) >= 11 is 3.43. The zero-order chi connectivity index (χ0) is 13.0. The summed E-state index contributed by atoms with van der Waals surface area (Å²) in [4.78, 5) is 0. The minimum absolute atomic E-state index is 0.00773. The van der Waals surface area contributed by atoms with Crippen molar-refractivity contribution in [3.05, 3.63) is 58.6 Å². The van der Waals surface area contributed by atoms with Crippen LogP contribution in [-0.2, 0) is 0 Å². The lowest BCUT2D eigenvalue weighted by Crippen LogP contribution is -2.09. The van der Waals surface area contributed by atoms with Gasteiger partial charge in [0.1, 0.15) is 11.5 Å². The van der Waals surface area contributed by atoms with Crippen LogP contribution in [0.5, 0.6) is 11.5 Å². The van der Waals surface area contributed by atoms with Crippen molar-refractivity contribution in [1.29, 1.82) is 0 Å². The lowest BCUT2D eigenvalue weighted by molar-refractivity contribution is 0.468. The van der Waals surface area contributed by atoms with Crippen LogP contribution in [0.15, 0.2) is 53.0 Å². The zero-order valence-corrected chi connectivity index (χ0v) is 11.9. The molecule has 0 fully saturated rings. The monoisotopic (exact) mass is 305 g/mol. The first-order valence-corrected chi connectivity index (χ1v) is 6.78. The predicted molar refractivity (Wildman–Crippen MR) is 77.9 cm³/mol. The molecule has 0 saturated heterocycles. The van der Waals surface area contributed by atoms with Gasteiger partial charge in [0.15, 0.2) is 0 Å². The van der Waals surface area contributed by atoms with Crippen LogP contribution >= 0.6 is 15.9 Å². The average Bonchev–Trinajstić information content (AvgIpc) is 2.38. The molecule has 0 spiro atoms. The van der Waals surface area contributed by atoms with Gasteiger partial charge < -0.3 is 10.5 Å². The van der Waals surface area contributed by atoms with Crippen molar-refractivity contribution in [3.8, 4) is 11.5 Å². The van der Waals surface area contributed by atoms with Gasteiger partial charge >= 0.3 is 0 Å². The first-order valence-electron chi connectivity index (χ1n) is 5.98. The highest BCUT2D eigenvalue weighted by molar-refractivity contribution is 9.10. The Morgan fingerprint density at radius 2 is 1.94 bits per heavy atom. The third-order valence-electron chi connectivity index (χ3n) is 2.78. The molecule has 0 bridgehead atoms. The van der Waals surface area contributed by atoms with Crippen molar-refractivity contribution < 1.29 is 4.74 Å². The summed E-state index contributed by atoms with van der Waals surface area (Å²) in [7, 11) is 0. The Morgan fingerprint density at radius 3 is 2.67 bits per heavy atom. The Labute approximate surface area is 116 Å². The topological polar surface area (TPSA) is 35.2 Å². The van der Waals surface area contributed by atoms with Gasteiger partial charge in [-0.2, -0.15) is 0 Å². The summed E-state index contributed by atoms with van der Waals surface area (Å²) in [6, 6.07) is 15.7. The van der Waals surface area contributed by atoms with E-state index in [9.17, 15) is 0 Å². The van der Waals surface area contributed by atoms with Crippen LogP contribution in [0.3, 0.4) is 0 Å². The van der Waals surface area contributed by atoms with Gasteiger partial charge in [-0.3, -0.25) is 0 Å². The molecule has 2 nitrogen and oxygen atoms in total. The van der Waals surface area contributed by atoms with Gasteiger partial charge in [-0.25, -0.2) is 0 Å². The molecular weight excluding hydrogens is 290 g/mol. The number of hydrogen-bond donors (Lipinski definition) is 1. The summed E-state index contributed by atoms with van der Waals surface area (Å²) in [6.45, 7) is 2.07. The maximum atomic E-state index is 6.09. The predicted octanol–water partition coefficient (Wildman–Crippen LogP) is 4.65. The van der Waals surface area contributed by atoms with Gasteiger partial charge in [-0.05, 0) is 30.7 Å². The Kier molecular flexibility index (Phi) is 4.39.